The van der Waals surface area contributed by atoms with Gasteiger partial charge in [-0.15, -0.1) is 0 Å². The van der Waals surface area contributed by atoms with E-state index in [0.717, 1.165) is 28.8 Å². The van der Waals surface area contributed by atoms with E-state index < -0.39 is 0 Å². The molecule has 3 aromatic rings. The topological polar surface area (TPSA) is 42.5 Å². The zero-order valence-electron chi connectivity index (χ0n) is 12.1. The van der Waals surface area contributed by atoms with Crippen LogP contribution in [0.1, 0.15) is 23.7 Å². The van der Waals surface area contributed by atoms with Crippen LogP contribution in [0.4, 0.5) is 0 Å². The van der Waals surface area contributed by atoms with Gasteiger partial charge in [-0.05, 0) is 59.5 Å². The van der Waals surface area contributed by atoms with Crippen molar-refractivity contribution in [2.75, 3.05) is 0 Å². The van der Waals surface area contributed by atoms with Gasteiger partial charge in [0.05, 0.1) is 24.4 Å². The average Bonchev–Trinajstić information content (AvgIpc) is 3.06. The normalized spacial score (nSPS) is 12.9. The summed E-state index contributed by atoms with van der Waals surface area (Å²) in [5.41, 5.74) is 4.56. The van der Waals surface area contributed by atoms with Crippen molar-refractivity contribution >= 4 is 21.6 Å². The summed E-state index contributed by atoms with van der Waals surface area (Å²) in [5.74, 6) is 0. The van der Waals surface area contributed by atoms with Crippen LogP contribution in [0.25, 0.3) is 5.65 Å². The molecule has 0 aromatic carbocycles. The van der Waals surface area contributed by atoms with Gasteiger partial charge in [0.25, 0.3) is 0 Å². The molecule has 3 heterocycles. The minimum atomic E-state index is 0.376. The van der Waals surface area contributed by atoms with Crippen LogP contribution in [0.15, 0.2) is 45.9 Å². The molecule has 0 spiro atoms. The van der Waals surface area contributed by atoms with Crippen LogP contribution in [-0.2, 0) is 13.0 Å². The van der Waals surface area contributed by atoms with Crippen molar-refractivity contribution < 1.29 is 4.42 Å². The first-order chi connectivity index (χ1) is 10.1. The molecule has 0 amide bonds. The van der Waals surface area contributed by atoms with Crippen LogP contribution in [0.5, 0.6) is 0 Å². The minimum absolute atomic E-state index is 0.376. The van der Waals surface area contributed by atoms with Gasteiger partial charge in [0, 0.05) is 23.3 Å². The van der Waals surface area contributed by atoms with Crippen LogP contribution in [-0.4, -0.2) is 15.4 Å². The number of halogens is 1. The summed E-state index contributed by atoms with van der Waals surface area (Å²) in [4.78, 5) is 4.50. The third-order valence-electron chi connectivity index (χ3n) is 3.59. The first-order valence-electron chi connectivity index (χ1n) is 7.00. The van der Waals surface area contributed by atoms with Gasteiger partial charge < -0.3 is 14.1 Å². The lowest BCUT2D eigenvalue weighted by molar-refractivity contribution is 0.528. The van der Waals surface area contributed by atoms with Crippen molar-refractivity contribution in [3.63, 3.8) is 0 Å². The fourth-order valence-electron chi connectivity index (χ4n) is 2.51. The Bertz CT molecular complexity index is 733. The maximum Gasteiger partial charge on any atom is 0.139 e. The molecule has 0 saturated carbocycles. The highest BCUT2D eigenvalue weighted by Gasteiger charge is 2.09. The highest BCUT2D eigenvalue weighted by atomic mass is 79.9. The average molecular weight is 348 g/mol. The monoisotopic (exact) mass is 347 g/mol. The van der Waals surface area contributed by atoms with E-state index >= 15 is 0 Å². The van der Waals surface area contributed by atoms with Crippen molar-refractivity contribution in [1.29, 1.82) is 0 Å². The number of aryl methyl sites for hydroxylation is 1. The lowest BCUT2D eigenvalue weighted by Crippen LogP contribution is -2.27. The predicted octanol–water partition coefficient (Wildman–Crippen LogP) is 3.72. The molecule has 0 aliphatic carbocycles. The second kappa shape index (κ2) is 6.03. The highest BCUT2D eigenvalue weighted by Crippen LogP contribution is 2.18. The van der Waals surface area contributed by atoms with Crippen LogP contribution in [0.2, 0.25) is 0 Å². The number of nitrogens with one attached hydrogen (secondary N) is 1. The molecule has 0 fully saturated rings. The fourth-order valence-corrected chi connectivity index (χ4v) is 3.06. The Labute approximate surface area is 132 Å². The molecule has 5 heteroatoms. The van der Waals surface area contributed by atoms with Crippen molar-refractivity contribution in [2.45, 2.75) is 32.9 Å². The molecular formula is C16H18BrN3O. The predicted molar refractivity (Wildman–Crippen MR) is 86.3 cm³/mol. The van der Waals surface area contributed by atoms with E-state index in [4.69, 9.17) is 4.42 Å². The zero-order chi connectivity index (χ0) is 14.8. The minimum Gasteiger partial charge on any atom is -0.472 e. The molecule has 0 aliphatic heterocycles. The number of pyridine rings is 1. The van der Waals surface area contributed by atoms with Crippen molar-refractivity contribution in [2.24, 2.45) is 0 Å². The molecule has 4 nitrogen and oxygen atoms in total. The molecular weight excluding hydrogens is 330 g/mol. The maximum absolute atomic E-state index is 5.10. The van der Waals surface area contributed by atoms with Gasteiger partial charge in [-0.3, -0.25) is 0 Å². The molecule has 3 aromatic heterocycles. The number of nitrogens with zero attached hydrogens (tertiary/aromatic N) is 2. The maximum atomic E-state index is 5.10. The first kappa shape index (κ1) is 14.4. The third kappa shape index (κ3) is 3.19. The summed E-state index contributed by atoms with van der Waals surface area (Å²) in [6, 6.07) is 4.47. The number of hydrogen-bond donors (Lipinski definition) is 1. The summed E-state index contributed by atoms with van der Waals surface area (Å²) >= 11 is 3.54. The molecule has 110 valence electrons. The SMILES string of the molecule is Cc1cc(Br)cn2c(CNC(C)Cc3ccoc3)cnc12. The van der Waals surface area contributed by atoms with E-state index in [2.05, 4.69) is 56.7 Å². The largest absolute Gasteiger partial charge is 0.472 e. The van der Waals surface area contributed by atoms with E-state index in [1.807, 2.05) is 12.3 Å². The lowest BCUT2D eigenvalue weighted by Gasteiger charge is -2.12. The number of furan rings is 1. The summed E-state index contributed by atoms with van der Waals surface area (Å²) in [6.07, 6.45) is 8.47. The molecule has 1 unspecified atom stereocenters. The van der Waals surface area contributed by atoms with Gasteiger partial charge in [-0.25, -0.2) is 4.98 Å². The third-order valence-corrected chi connectivity index (χ3v) is 4.02. The van der Waals surface area contributed by atoms with Gasteiger partial charge in [-0.1, -0.05) is 0 Å². The van der Waals surface area contributed by atoms with Crippen LogP contribution >= 0.6 is 15.9 Å². The lowest BCUT2D eigenvalue weighted by atomic mass is 10.1. The molecule has 0 radical (unpaired) electrons. The van der Waals surface area contributed by atoms with Crippen LogP contribution in [0, 0.1) is 6.92 Å². The van der Waals surface area contributed by atoms with E-state index in [9.17, 15) is 0 Å². The standard InChI is InChI=1S/C16H18BrN3O/c1-11-5-14(17)9-20-15(8-19-16(11)20)7-18-12(2)6-13-3-4-21-10-13/h3-5,8-10,12,18H,6-7H2,1-2H3. The summed E-state index contributed by atoms with van der Waals surface area (Å²) in [6.45, 7) is 5.04. The molecule has 0 aliphatic rings. The Morgan fingerprint density at radius 3 is 3.10 bits per heavy atom. The Morgan fingerprint density at radius 2 is 2.33 bits per heavy atom. The molecule has 21 heavy (non-hydrogen) atoms. The summed E-state index contributed by atoms with van der Waals surface area (Å²) in [5, 5.41) is 3.54. The summed E-state index contributed by atoms with van der Waals surface area (Å²) < 4.78 is 8.31. The highest BCUT2D eigenvalue weighted by molar-refractivity contribution is 9.10. The van der Waals surface area contributed by atoms with Crippen LogP contribution in [0.3, 0.4) is 0 Å². The van der Waals surface area contributed by atoms with E-state index in [0.29, 0.717) is 6.04 Å². The molecule has 0 bridgehead atoms. The zero-order valence-corrected chi connectivity index (χ0v) is 13.7. The fraction of sp³-hybridized carbons (Fsp3) is 0.312. The Kier molecular flexibility index (Phi) is 4.12. The second-order valence-electron chi connectivity index (χ2n) is 5.40. The van der Waals surface area contributed by atoms with E-state index in [-0.39, 0.29) is 0 Å². The first-order valence-corrected chi connectivity index (χ1v) is 7.79. The molecule has 1 N–H and O–H groups in total. The van der Waals surface area contributed by atoms with E-state index in [1.165, 1.54) is 11.1 Å². The van der Waals surface area contributed by atoms with Gasteiger partial charge in [0.2, 0.25) is 0 Å². The number of aromatic nitrogens is 2. The Balaban J connectivity index is 1.70. The van der Waals surface area contributed by atoms with Crippen LogP contribution < -0.4 is 5.32 Å². The number of imidazole rings is 1. The molecule has 3 rings (SSSR count). The number of fused-ring (bicyclic) bond motifs is 1. The van der Waals surface area contributed by atoms with Gasteiger partial charge in [0.15, 0.2) is 0 Å². The van der Waals surface area contributed by atoms with E-state index in [1.54, 1.807) is 12.5 Å². The van der Waals surface area contributed by atoms with Gasteiger partial charge >= 0.3 is 0 Å². The molecule has 0 saturated heterocycles. The van der Waals surface area contributed by atoms with Crippen molar-refractivity contribution in [1.82, 2.24) is 14.7 Å². The quantitative estimate of drug-likeness (QED) is 0.764. The van der Waals surface area contributed by atoms with Gasteiger partial charge in [-0.2, -0.15) is 0 Å². The number of hydrogen-bond acceptors (Lipinski definition) is 3. The molecule has 1 atom stereocenters. The Hall–Kier alpha value is -1.59. The van der Waals surface area contributed by atoms with Crippen molar-refractivity contribution in [3.8, 4) is 0 Å². The van der Waals surface area contributed by atoms with Crippen molar-refractivity contribution in [3.05, 3.63) is 58.3 Å². The van der Waals surface area contributed by atoms with Gasteiger partial charge in [0.1, 0.15) is 5.65 Å². The smallest absolute Gasteiger partial charge is 0.139 e. The summed E-state index contributed by atoms with van der Waals surface area (Å²) in [7, 11) is 0. The Morgan fingerprint density at radius 1 is 1.48 bits per heavy atom. The second-order valence-corrected chi connectivity index (χ2v) is 6.32. The number of rotatable bonds is 5.